The molecule has 0 atom stereocenters. The Morgan fingerprint density at radius 3 is 2.41 bits per heavy atom. The minimum absolute atomic E-state index is 0.0800. The highest BCUT2D eigenvalue weighted by Gasteiger charge is 2.28. The number of carbonyl (C=O) groups excluding carboxylic acids is 3. The predicted molar refractivity (Wildman–Crippen MR) is 141 cm³/mol. The lowest BCUT2D eigenvalue weighted by molar-refractivity contribution is 0.0829. The number of nitrogens with one attached hydrogen (secondary N) is 3. The minimum Gasteiger partial charge on any atom is -0.455 e. The third kappa shape index (κ3) is 4.96. The van der Waals surface area contributed by atoms with Crippen molar-refractivity contribution in [2.75, 3.05) is 0 Å². The van der Waals surface area contributed by atoms with Gasteiger partial charge in [0.05, 0.1) is 5.71 Å². The first-order chi connectivity index (χ1) is 17.9. The van der Waals surface area contributed by atoms with Crippen molar-refractivity contribution in [2.45, 2.75) is 26.2 Å². The van der Waals surface area contributed by atoms with Gasteiger partial charge in [0.15, 0.2) is 5.76 Å². The van der Waals surface area contributed by atoms with Crippen molar-refractivity contribution in [3.63, 3.8) is 0 Å². The van der Waals surface area contributed by atoms with Gasteiger partial charge in [0.1, 0.15) is 5.76 Å². The summed E-state index contributed by atoms with van der Waals surface area (Å²) in [4.78, 5) is 38.1. The number of hydrogen-bond acceptors (Lipinski definition) is 5. The second-order valence-corrected chi connectivity index (χ2v) is 9.09. The maximum absolute atomic E-state index is 12.9. The van der Waals surface area contributed by atoms with E-state index in [1.165, 1.54) is 0 Å². The maximum atomic E-state index is 12.9. The fourth-order valence-corrected chi connectivity index (χ4v) is 4.57. The van der Waals surface area contributed by atoms with Gasteiger partial charge in [-0.25, -0.2) is 5.43 Å². The Labute approximate surface area is 217 Å². The lowest BCUT2D eigenvalue weighted by Crippen LogP contribution is -2.41. The van der Waals surface area contributed by atoms with Crippen LogP contribution in [-0.2, 0) is 6.42 Å². The van der Waals surface area contributed by atoms with Crippen LogP contribution in [0.4, 0.5) is 0 Å². The van der Waals surface area contributed by atoms with Crippen LogP contribution in [0.5, 0.6) is 0 Å². The number of hydrogen-bond donors (Lipinski definition) is 3. The molecule has 5 rings (SSSR count). The van der Waals surface area contributed by atoms with Gasteiger partial charge in [-0.3, -0.25) is 25.2 Å². The summed E-state index contributed by atoms with van der Waals surface area (Å²) in [5, 5.41) is 6.71. The van der Waals surface area contributed by atoms with Crippen LogP contribution in [-0.4, -0.2) is 23.4 Å². The highest BCUT2D eigenvalue weighted by atomic mass is 35.5. The average molecular weight is 515 g/mol. The van der Waals surface area contributed by atoms with Crippen molar-refractivity contribution in [1.82, 2.24) is 16.3 Å². The summed E-state index contributed by atoms with van der Waals surface area (Å²) in [5.41, 5.74) is 10.2. The van der Waals surface area contributed by atoms with Gasteiger partial charge < -0.3 is 4.42 Å². The molecule has 3 amide bonds. The standard InChI is InChI=1S/C28H23ClN4O4/c1-16-24-22(30-32-27(35)21-9-4-7-17-6-2-3-8-20(17)21)10-5-11-23(24)37-25(16)28(36)33-31-26(34)18-12-14-19(29)15-13-18/h2-4,6-9,12-15H,5,10-11H2,1H3,(H,31,34)(H,32,35)(H,33,36)/b30-22+. The normalized spacial score (nSPS) is 13.7. The molecule has 1 aliphatic carbocycles. The van der Waals surface area contributed by atoms with Gasteiger partial charge in [-0.1, -0.05) is 48.0 Å². The molecule has 1 heterocycles. The first kappa shape index (κ1) is 24.3. The zero-order valence-electron chi connectivity index (χ0n) is 19.9. The Morgan fingerprint density at radius 2 is 1.59 bits per heavy atom. The van der Waals surface area contributed by atoms with E-state index >= 15 is 0 Å². The van der Waals surface area contributed by atoms with Crippen molar-refractivity contribution in [3.8, 4) is 0 Å². The number of amides is 3. The molecule has 9 heteroatoms. The fraction of sp³-hybridized carbons (Fsp3) is 0.143. The second-order valence-electron chi connectivity index (χ2n) is 8.65. The van der Waals surface area contributed by atoms with Crippen LogP contribution in [0, 0.1) is 6.92 Å². The molecule has 0 spiro atoms. The van der Waals surface area contributed by atoms with Gasteiger partial charge in [0.2, 0.25) is 0 Å². The quantitative estimate of drug-likeness (QED) is 0.335. The molecule has 3 aromatic carbocycles. The zero-order chi connectivity index (χ0) is 25.9. The van der Waals surface area contributed by atoms with Crippen LogP contribution >= 0.6 is 11.6 Å². The van der Waals surface area contributed by atoms with E-state index in [1.807, 2.05) is 36.4 Å². The largest absolute Gasteiger partial charge is 0.455 e. The molecule has 37 heavy (non-hydrogen) atoms. The molecule has 0 bridgehead atoms. The summed E-state index contributed by atoms with van der Waals surface area (Å²) in [6.45, 7) is 1.76. The predicted octanol–water partition coefficient (Wildman–Crippen LogP) is 4.94. The summed E-state index contributed by atoms with van der Waals surface area (Å²) in [6.07, 6.45) is 2.02. The van der Waals surface area contributed by atoms with Crippen molar-refractivity contribution in [3.05, 3.63) is 106 Å². The lowest BCUT2D eigenvalue weighted by atomic mass is 9.93. The molecule has 3 N–H and O–H groups in total. The van der Waals surface area contributed by atoms with Gasteiger partial charge in [-0.2, -0.15) is 5.10 Å². The number of aryl methyl sites for hydroxylation is 1. The van der Waals surface area contributed by atoms with Crippen LogP contribution in [0.15, 0.2) is 76.2 Å². The van der Waals surface area contributed by atoms with Crippen molar-refractivity contribution >= 4 is 45.8 Å². The Morgan fingerprint density at radius 1 is 0.865 bits per heavy atom. The molecule has 0 saturated carbocycles. The van der Waals surface area contributed by atoms with Crippen LogP contribution in [0.3, 0.4) is 0 Å². The van der Waals surface area contributed by atoms with Gasteiger partial charge in [-0.05, 0) is 60.9 Å². The van der Waals surface area contributed by atoms with E-state index < -0.39 is 11.8 Å². The minimum atomic E-state index is -0.589. The van der Waals surface area contributed by atoms with Crippen molar-refractivity contribution in [1.29, 1.82) is 0 Å². The number of furan rings is 1. The molecule has 4 aromatic rings. The zero-order valence-corrected chi connectivity index (χ0v) is 20.7. The molecule has 1 aliphatic rings. The molecule has 0 saturated heterocycles. The number of hydrazone groups is 1. The van der Waals surface area contributed by atoms with Crippen LogP contribution in [0.2, 0.25) is 5.02 Å². The summed E-state index contributed by atoms with van der Waals surface area (Å²) < 4.78 is 5.86. The van der Waals surface area contributed by atoms with Gasteiger partial charge in [0, 0.05) is 33.7 Å². The Kier molecular flexibility index (Phi) is 6.74. The molecule has 0 fully saturated rings. The maximum Gasteiger partial charge on any atom is 0.305 e. The van der Waals surface area contributed by atoms with E-state index in [9.17, 15) is 14.4 Å². The molecule has 1 aromatic heterocycles. The van der Waals surface area contributed by atoms with Crippen molar-refractivity contribution < 1.29 is 18.8 Å². The van der Waals surface area contributed by atoms with Crippen molar-refractivity contribution in [2.24, 2.45) is 5.10 Å². The Hall–Kier alpha value is -4.43. The van der Waals surface area contributed by atoms with E-state index in [0.717, 1.165) is 17.2 Å². The molecule has 8 nitrogen and oxygen atoms in total. The first-order valence-electron chi connectivity index (χ1n) is 11.8. The smallest absolute Gasteiger partial charge is 0.305 e. The summed E-state index contributed by atoms with van der Waals surface area (Å²) in [6, 6.07) is 19.5. The summed E-state index contributed by atoms with van der Waals surface area (Å²) in [5.74, 6) is -0.696. The van der Waals surface area contributed by atoms with E-state index in [1.54, 1.807) is 37.3 Å². The number of rotatable bonds is 4. The number of nitrogens with zero attached hydrogens (tertiary/aromatic N) is 1. The van der Waals surface area contributed by atoms with Crippen LogP contribution < -0.4 is 16.3 Å². The average Bonchev–Trinajstić information content (AvgIpc) is 3.27. The monoisotopic (exact) mass is 514 g/mol. The van der Waals surface area contributed by atoms with Gasteiger partial charge in [-0.15, -0.1) is 0 Å². The number of carbonyl (C=O) groups is 3. The van der Waals surface area contributed by atoms with E-state index in [2.05, 4.69) is 21.4 Å². The second kappa shape index (κ2) is 10.3. The fourth-order valence-electron chi connectivity index (χ4n) is 4.44. The number of benzene rings is 3. The van der Waals surface area contributed by atoms with Crippen LogP contribution in [0.1, 0.15) is 61.0 Å². The molecule has 0 aliphatic heterocycles. The number of hydrazine groups is 1. The molecular weight excluding hydrogens is 492 g/mol. The van der Waals surface area contributed by atoms with E-state index in [-0.39, 0.29) is 11.7 Å². The third-order valence-electron chi connectivity index (χ3n) is 6.25. The topological polar surface area (TPSA) is 113 Å². The van der Waals surface area contributed by atoms with E-state index in [4.69, 9.17) is 16.0 Å². The van der Waals surface area contributed by atoms with Gasteiger partial charge >= 0.3 is 5.91 Å². The third-order valence-corrected chi connectivity index (χ3v) is 6.51. The highest BCUT2D eigenvalue weighted by Crippen LogP contribution is 2.30. The molecule has 0 radical (unpaired) electrons. The number of fused-ring (bicyclic) bond motifs is 2. The SMILES string of the molecule is Cc1c(C(=O)NNC(=O)c2ccc(Cl)cc2)oc2c1/C(=N/NC(=O)c1cccc3ccccc13)CCC2. The summed E-state index contributed by atoms with van der Waals surface area (Å²) >= 11 is 5.85. The van der Waals surface area contributed by atoms with Crippen LogP contribution in [0.25, 0.3) is 10.8 Å². The van der Waals surface area contributed by atoms with Gasteiger partial charge in [0.25, 0.3) is 11.8 Å². The number of halogens is 1. The molecule has 0 unspecified atom stereocenters. The Balaban J connectivity index is 1.32. The molecule has 186 valence electrons. The summed E-state index contributed by atoms with van der Waals surface area (Å²) in [7, 11) is 0. The van der Waals surface area contributed by atoms with E-state index in [0.29, 0.717) is 51.6 Å². The first-order valence-corrected chi connectivity index (χ1v) is 12.1. The highest BCUT2D eigenvalue weighted by molar-refractivity contribution is 6.30. The molecular formula is C28H23ClN4O4. The lowest BCUT2D eigenvalue weighted by Gasteiger charge is -2.13. The Bertz CT molecular complexity index is 1550.